The van der Waals surface area contributed by atoms with Gasteiger partial charge in [-0.15, -0.1) is 0 Å². The number of fused-ring (bicyclic) bond motifs is 3. The highest BCUT2D eigenvalue weighted by Crippen LogP contribution is 2.38. The molecule has 4 aromatic rings. The summed E-state index contributed by atoms with van der Waals surface area (Å²) in [5.41, 5.74) is 6.62. The molecule has 0 amide bonds. The van der Waals surface area contributed by atoms with Gasteiger partial charge < -0.3 is 24.7 Å². The van der Waals surface area contributed by atoms with Gasteiger partial charge in [-0.25, -0.2) is 4.98 Å². The average molecular weight is 370 g/mol. The molecule has 2 heterocycles. The first-order chi connectivity index (χ1) is 12.5. The van der Waals surface area contributed by atoms with Crippen molar-refractivity contribution in [2.24, 2.45) is 0 Å². The first-order valence-corrected chi connectivity index (χ1v) is 8.42. The predicted molar refractivity (Wildman–Crippen MR) is 100 cm³/mol. The van der Waals surface area contributed by atoms with Crippen molar-refractivity contribution < 1.29 is 19.0 Å². The van der Waals surface area contributed by atoms with Gasteiger partial charge in [0.15, 0.2) is 22.4 Å². The van der Waals surface area contributed by atoms with Crippen LogP contribution in [0.15, 0.2) is 39.5 Å². The van der Waals surface area contributed by atoms with Crippen molar-refractivity contribution in [2.45, 2.75) is 0 Å². The smallest absolute Gasteiger partial charge is 0.236 e. The van der Waals surface area contributed by atoms with Gasteiger partial charge in [-0.05, 0) is 30.3 Å². The molecule has 0 radical (unpaired) electrons. The largest absolute Gasteiger partial charge is 0.502 e. The van der Waals surface area contributed by atoms with E-state index in [0.29, 0.717) is 38.0 Å². The fourth-order valence-corrected chi connectivity index (χ4v) is 3.71. The number of aromatic nitrogens is 1. The molecule has 0 aliphatic heterocycles. The van der Waals surface area contributed by atoms with Gasteiger partial charge in [0.1, 0.15) is 5.58 Å². The molecule has 7 nitrogen and oxygen atoms in total. The van der Waals surface area contributed by atoms with Crippen molar-refractivity contribution in [3.63, 3.8) is 0 Å². The zero-order valence-electron chi connectivity index (χ0n) is 13.9. The molecule has 3 N–H and O–H groups in total. The highest BCUT2D eigenvalue weighted by molar-refractivity contribution is 7.23. The van der Waals surface area contributed by atoms with Gasteiger partial charge >= 0.3 is 0 Å². The number of nitrogens with two attached hydrogens (primary N) is 1. The Balaban J connectivity index is 2.02. The molecule has 2 aromatic carbocycles. The van der Waals surface area contributed by atoms with E-state index < -0.39 is 11.2 Å². The van der Waals surface area contributed by atoms with E-state index in [1.165, 1.54) is 25.6 Å². The zero-order chi connectivity index (χ0) is 18.4. The SMILES string of the molecule is COc1ccc(-c2oc3ccc4nc(N)sc4c3c(=O)c2O)cc1OC. The van der Waals surface area contributed by atoms with Gasteiger partial charge in [0.05, 0.1) is 29.8 Å². The lowest BCUT2D eigenvalue weighted by Gasteiger charge is -2.10. The van der Waals surface area contributed by atoms with Crippen molar-refractivity contribution in [2.75, 3.05) is 20.0 Å². The molecule has 132 valence electrons. The lowest BCUT2D eigenvalue weighted by Crippen LogP contribution is -2.03. The van der Waals surface area contributed by atoms with Crippen LogP contribution in [0.3, 0.4) is 0 Å². The molecule has 0 bridgehead atoms. The molecule has 0 spiro atoms. The standard InChI is InChI=1S/C18H14N2O5S/c1-23-10-5-3-8(7-12(10)24-2)16-15(22)14(21)13-11(25-16)6-4-9-17(13)26-18(19)20-9/h3-7,22H,1-2H3,(H2,19,20). The molecule has 0 aliphatic carbocycles. The summed E-state index contributed by atoms with van der Waals surface area (Å²) in [6.07, 6.45) is 0. The van der Waals surface area contributed by atoms with E-state index in [-0.39, 0.29) is 11.1 Å². The maximum atomic E-state index is 12.8. The van der Waals surface area contributed by atoms with E-state index in [9.17, 15) is 9.90 Å². The Morgan fingerprint density at radius 2 is 1.92 bits per heavy atom. The summed E-state index contributed by atoms with van der Waals surface area (Å²) in [5, 5.41) is 11.1. The Morgan fingerprint density at radius 3 is 2.65 bits per heavy atom. The van der Waals surface area contributed by atoms with Gasteiger partial charge in [0, 0.05) is 5.56 Å². The van der Waals surface area contributed by atoms with Crippen molar-refractivity contribution in [1.29, 1.82) is 0 Å². The second-order valence-corrected chi connectivity index (χ2v) is 6.55. The summed E-state index contributed by atoms with van der Waals surface area (Å²) in [4.78, 5) is 17.0. The van der Waals surface area contributed by atoms with E-state index in [1.54, 1.807) is 30.3 Å². The molecule has 0 saturated carbocycles. The van der Waals surface area contributed by atoms with Crippen LogP contribution >= 0.6 is 11.3 Å². The summed E-state index contributed by atoms with van der Waals surface area (Å²) >= 11 is 1.18. The van der Waals surface area contributed by atoms with E-state index in [4.69, 9.17) is 19.6 Å². The minimum absolute atomic E-state index is 0.0558. The van der Waals surface area contributed by atoms with Crippen LogP contribution in [0.2, 0.25) is 0 Å². The Bertz CT molecular complexity index is 1210. The maximum absolute atomic E-state index is 12.8. The van der Waals surface area contributed by atoms with Crippen molar-refractivity contribution in [3.05, 3.63) is 40.6 Å². The molecule has 26 heavy (non-hydrogen) atoms. The molecule has 4 rings (SSSR count). The number of benzene rings is 2. The maximum Gasteiger partial charge on any atom is 0.236 e. The van der Waals surface area contributed by atoms with Gasteiger partial charge in [0.25, 0.3) is 0 Å². The Morgan fingerprint density at radius 1 is 1.15 bits per heavy atom. The molecule has 8 heteroatoms. The summed E-state index contributed by atoms with van der Waals surface area (Å²) < 4.78 is 16.9. The van der Waals surface area contributed by atoms with Crippen molar-refractivity contribution >= 4 is 37.7 Å². The third-order valence-corrected chi connectivity index (χ3v) is 4.97. The lowest BCUT2D eigenvalue weighted by atomic mass is 10.1. The molecule has 0 atom stereocenters. The monoisotopic (exact) mass is 370 g/mol. The second-order valence-electron chi connectivity index (χ2n) is 5.52. The van der Waals surface area contributed by atoms with Crippen molar-refractivity contribution in [3.8, 4) is 28.6 Å². The van der Waals surface area contributed by atoms with Crippen LogP contribution < -0.4 is 20.6 Å². The van der Waals surface area contributed by atoms with Gasteiger partial charge in [0.2, 0.25) is 11.2 Å². The number of nitrogens with zero attached hydrogens (tertiary/aromatic N) is 1. The molecular formula is C18H14N2O5S. The number of nitrogen functional groups attached to an aromatic ring is 1. The second kappa shape index (κ2) is 5.92. The highest BCUT2D eigenvalue weighted by atomic mass is 32.1. The highest BCUT2D eigenvalue weighted by Gasteiger charge is 2.20. The van der Waals surface area contributed by atoms with Crippen LogP contribution in [0, 0.1) is 0 Å². The van der Waals surface area contributed by atoms with Crippen LogP contribution in [-0.4, -0.2) is 24.3 Å². The van der Waals surface area contributed by atoms with Gasteiger partial charge in [-0.2, -0.15) is 0 Å². The summed E-state index contributed by atoms with van der Waals surface area (Å²) in [5.74, 6) is 0.558. The first-order valence-electron chi connectivity index (χ1n) is 7.60. The number of methoxy groups -OCH3 is 2. The van der Waals surface area contributed by atoms with E-state index >= 15 is 0 Å². The zero-order valence-corrected chi connectivity index (χ0v) is 14.7. The number of hydrogen-bond acceptors (Lipinski definition) is 8. The van der Waals surface area contributed by atoms with Crippen LogP contribution in [0.25, 0.3) is 32.5 Å². The van der Waals surface area contributed by atoms with Crippen LogP contribution in [0.1, 0.15) is 0 Å². The molecule has 0 fully saturated rings. The molecule has 0 aliphatic rings. The average Bonchev–Trinajstić information content (AvgIpc) is 3.03. The van der Waals surface area contributed by atoms with E-state index in [2.05, 4.69) is 4.98 Å². The molecular weight excluding hydrogens is 356 g/mol. The lowest BCUT2D eigenvalue weighted by molar-refractivity contribution is 0.355. The number of rotatable bonds is 3. The van der Waals surface area contributed by atoms with Crippen LogP contribution in [0.4, 0.5) is 5.13 Å². The van der Waals surface area contributed by atoms with E-state index in [0.717, 1.165) is 0 Å². The third kappa shape index (κ3) is 2.34. The molecule has 2 aromatic heterocycles. The fraction of sp³-hybridized carbons (Fsp3) is 0.111. The fourth-order valence-electron chi connectivity index (χ4n) is 2.84. The summed E-state index contributed by atoms with van der Waals surface area (Å²) in [7, 11) is 3.03. The Kier molecular flexibility index (Phi) is 3.69. The Labute approximate surface area is 151 Å². The summed E-state index contributed by atoms with van der Waals surface area (Å²) in [6.45, 7) is 0. The minimum atomic E-state index is -0.537. The van der Waals surface area contributed by atoms with Crippen LogP contribution in [0.5, 0.6) is 17.2 Å². The minimum Gasteiger partial charge on any atom is -0.502 e. The molecule has 0 unspecified atom stereocenters. The van der Waals surface area contributed by atoms with Crippen molar-refractivity contribution in [1.82, 2.24) is 4.98 Å². The number of ether oxygens (including phenoxy) is 2. The normalized spacial score (nSPS) is 11.2. The summed E-state index contributed by atoms with van der Waals surface area (Å²) in [6, 6.07) is 8.34. The number of hydrogen-bond donors (Lipinski definition) is 2. The number of thiazole rings is 1. The number of aromatic hydroxyl groups is 1. The van der Waals surface area contributed by atoms with Gasteiger partial charge in [-0.1, -0.05) is 11.3 Å². The Hall–Kier alpha value is -3.26. The first kappa shape index (κ1) is 16.2. The molecule has 0 saturated heterocycles. The topological polar surface area (TPSA) is 108 Å². The van der Waals surface area contributed by atoms with E-state index in [1.807, 2.05) is 0 Å². The van der Waals surface area contributed by atoms with Crippen LogP contribution in [-0.2, 0) is 0 Å². The quantitative estimate of drug-likeness (QED) is 0.569. The van der Waals surface area contributed by atoms with Gasteiger partial charge in [-0.3, -0.25) is 4.79 Å². The third-order valence-electron chi connectivity index (χ3n) is 4.05. The number of anilines is 1. The predicted octanol–water partition coefficient (Wildman–Crippen LogP) is 3.37.